The van der Waals surface area contributed by atoms with Gasteiger partial charge >= 0.3 is 0 Å². The van der Waals surface area contributed by atoms with Crippen molar-refractivity contribution in [1.29, 1.82) is 0 Å². The van der Waals surface area contributed by atoms with Gasteiger partial charge in [-0.2, -0.15) is 0 Å². The summed E-state index contributed by atoms with van der Waals surface area (Å²) in [5.74, 6) is 0. The molecule has 0 rings (SSSR count). The maximum Gasteiger partial charge on any atom is 0 e. The molecule has 0 aromatic carbocycles. The molecule has 0 amide bonds. The van der Waals surface area contributed by atoms with Crippen LogP contribution in [0.4, 0.5) is 0 Å². The largest absolute Gasteiger partial charge is 0.344 e. The Kier molecular flexibility index (Phi) is 2150. The molecule has 0 aliphatic rings. The summed E-state index contributed by atoms with van der Waals surface area (Å²) in [6.45, 7) is 0. The van der Waals surface area contributed by atoms with Crippen LogP contribution in [0.2, 0.25) is 0 Å². The third kappa shape index (κ3) is 118. The van der Waals surface area contributed by atoms with Crippen molar-refractivity contribution in [1.82, 2.24) is 24.6 Å². The maximum absolute atomic E-state index is 0. The molecule has 11 heavy (non-hydrogen) atoms. The molecule has 0 aliphatic carbocycles. The molecule has 0 aliphatic heterocycles. The van der Waals surface area contributed by atoms with E-state index in [4.69, 9.17) is 0 Å². The third-order valence-electron chi connectivity index (χ3n) is 0. The molecule has 0 saturated heterocycles. The van der Waals surface area contributed by atoms with E-state index in [9.17, 15) is 0 Å². The average Bonchev–Trinajstić information content (AvgIpc) is 0. The van der Waals surface area contributed by atoms with Crippen molar-refractivity contribution in [2.24, 2.45) is 0 Å². The Bertz CT molecular complexity index is 17.3. The summed E-state index contributed by atoms with van der Waals surface area (Å²) in [6, 6.07) is 0. The summed E-state index contributed by atoms with van der Waals surface area (Å²) in [7, 11) is 0. The minimum absolute atomic E-state index is 0. The van der Waals surface area contributed by atoms with Gasteiger partial charge in [-0.25, -0.2) is 0 Å². The van der Waals surface area contributed by atoms with E-state index in [1.165, 1.54) is 0 Å². The number of hydrogen-bond donors (Lipinski definition) is 4. The zero-order chi connectivity index (χ0) is 0. The summed E-state index contributed by atoms with van der Waals surface area (Å²) in [5.41, 5.74) is 0. The molecule has 0 aromatic rings. The summed E-state index contributed by atoms with van der Waals surface area (Å²) in [5, 5.41) is 0. The molecule has 0 heterocycles. The van der Waals surface area contributed by atoms with Crippen molar-refractivity contribution < 1.29 is 138 Å². The minimum Gasteiger partial charge on any atom is -0.344 e. The molecule has 0 saturated carbocycles. The van der Waals surface area contributed by atoms with E-state index in [1.807, 2.05) is 0 Å². The van der Waals surface area contributed by atoms with E-state index in [1.54, 1.807) is 0 Å². The van der Waals surface area contributed by atoms with Crippen LogP contribution in [-0.2, 0) is 138 Å². The molecule has 11 heteroatoms. The molecule has 4 nitrogen and oxygen atoms in total. The normalized spacial score (nSPS) is 0. The van der Waals surface area contributed by atoms with Crippen molar-refractivity contribution in [3.05, 3.63) is 0 Å². The van der Waals surface area contributed by atoms with Crippen molar-refractivity contribution in [2.45, 2.75) is 0 Å². The van der Waals surface area contributed by atoms with Gasteiger partial charge < -0.3 is 24.6 Å². The first-order valence-electron chi connectivity index (χ1n) is 0. The Morgan fingerprint density at radius 2 is 0.273 bits per heavy atom. The quantitative estimate of drug-likeness (QED) is 0.402. The van der Waals surface area contributed by atoms with Gasteiger partial charge in [0, 0.05) is 138 Å². The second kappa shape index (κ2) is 138. The predicted octanol–water partition coefficient (Wildman–Crippen LogP) is 0.630. The van der Waals surface area contributed by atoms with Crippen LogP contribution in [0.3, 0.4) is 0 Å². The molecule has 0 atom stereocenters. The van der Waals surface area contributed by atoms with E-state index in [0.29, 0.717) is 0 Å². The monoisotopic (exact) mass is 449 g/mol. The minimum atomic E-state index is 0. The fourth-order valence-corrected chi connectivity index (χ4v) is 0. The number of rotatable bonds is 0. The van der Waals surface area contributed by atoms with E-state index < -0.39 is 0 Å². The molecule has 3 radical (unpaired) electrons. The molecule has 12 N–H and O–H groups in total. The van der Waals surface area contributed by atoms with Crippen LogP contribution in [0.1, 0.15) is 0 Å². The van der Waals surface area contributed by atoms with Crippen LogP contribution >= 0.6 is 0 Å². The van der Waals surface area contributed by atoms with Crippen molar-refractivity contribution >= 4 is 0 Å². The average molecular weight is 450 g/mol. The first-order chi connectivity index (χ1) is 0. The molecule has 0 unspecified atom stereocenters. The Hall–Kier alpha value is 4.26. The second-order valence-corrected chi connectivity index (χ2v) is 0. The van der Waals surface area contributed by atoms with Gasteiger partial charge in [0.2, 0.25) is 0 Å². The summed E-state index contributed by atoms with van der Waals surface area (Å²) in [4.78, 5) is 0. The van der Waals surface area contributed by atoms with Crippen LogP contribution in [0.25, 0.3) is 0 Å². The summed E-state index contributed by atoms with van der Waals surface area (Å²) < 4.78 is 0. The van der Waals surface area contributed by atoms with Crippen molar-refractivity contribution in [2.75, 3.05) is 0 Å². The molecule has 0 aromatic heterocycles. The van der Waals surface area contributed by atoms with Gasteiger partial charge in [0.25, 0.3) is 0 Å². The molecule has 0 fully saturated rings. The Labute approximate surface area is 160 Å². The topological polar surface area (TPSA) is 140 Å². The zero-order valence-electron chi connectivity index (χ0n) is 5.73. The van der Waals surface area contributed by atoms with E-state index in [2.05, 4.69) is 0 Å². The SMILES string of the molecule is N.N.N.N.[Cu].[Cu].[Cu].[Ti].[Ti].[Ti].[Ti]. The van der Waals surface area contributed by atoms with Gasteiger partial charge in [0.05, 0.1) is 0 Å². The van der Waals surface area contributed by atoms with E-state index in [-0.39, 0.29) is 163 Å². The fraction of sp³-hybridized carbons (Fsp3) is 0. The van der Waals surface area contributed by atoms with Gasteiger partial charge in [0.15, 0.2) is 0 Å². The third-order valence-corrected chi connectivity index (χ3v) is 0. The zero-order valence-corrected chi connectivity index (χ0v) is 14.8. The molecule has 0 spiro atoms. The Balaban J connectivity index is 0. The van der Waals surface area contributed by atoms with Crippen molar-refractivity contribution in [3.63, 3.8) is 0 Å². The smallest absolute Gasteiger partial charge is 0 e. The van der Waals surface area contributed by atoms with Crippen molar-refractivity contribution in [3.8, 4) is 0 Å². The van der Waals surface area contributed by atoms with E-state index in [0.717, 1.165) is 0 Å². The van der Waals surface area contributed by atoms with Crippen LogP contribution in [0, 0.1) is 0 Å². The van der Waals surface area contributed by atoms with Gasteiger partial charge in [0.1, 0.15) is 0 Å². The number of hydrogen-bond acceptors (Lipinski definition) is 4. The van der Waals surface area contributed by atoms with Gasteiger partial charge in [-0.05, 0) is 0 Å². The van der Waals surface area contributed by atoms with Crippen LogP contribution in [0.15, 0.2) is 0 Å². The molecule has 0 bridgehead atoms. The Morgan fingerprint density at radius 3 is 0.273 bits per heavy atom. The van der Waals surface area contributed by atoms with Gasteiger partial charge in [-0.15, -0.1) is 0 Å². The van der Waals surface area contributed by atoms with E-state index >= 15 is 0 Å². The fourth-order valence-electron chi connectivity index (χ4n) is 0. The van der Waals surface area contributed by atoms with Crippen LogP contribution in [-0.4, -0.2) is 0 Å². The predicted molar refractivity (Wildman–Crippen MR) is 20.1 cm³/mol. The first kappa shape index (κ1) is 171. The van der Waals surface area contributed by atoms with Gasteiger partial charge in [-0.1, -0.05) is 0 Å². The summed E-state index contributed by atoms with van der Waals surface area (Å²) >= 11 is 0. The second-order valence-electron chi connectivity index (χ2n) is 0. The maximum atomic E-state index is 0. The van der Waals surface area contributed by atoms with Crippen LogP contribution in [0.5, 0.6) is 0 Å². The molecular weight excluding hydrogens is 438 g/mol. The first-order valence-corrected chi connectivity index (χ1v) is 0. The summed E-state index contributed by atoms with van der Waals surface area (Å²) in [6.07, 6.45) is 0. The Morgan fingerprint density at radius 1 is 0.273 bits per heavy atom. The molecule has 81 valence electrons. The molecular formula is H12Cu3N4Ti4. The van der Waals surface area contributed by atoms with Gasteiger partial charge in [-0.3, -0.25) is 0 Å². The standard InChI is InChI=1S/3Cu.4H3N.4Ti/h;;;4*1H3;;;;. The van der Waals surface area contributed by atoms with Crippen LogP contribution < -0.4 is 24.6 Å².